The van der Waals surface area contributed by atoms with Crippen LogP contribution in [-0.2, 0) is 16.1 Å². The van der Waals surface area contributed by atoms with Crippen molar-refractivity contribution in [2.24, 2.45) is 0 Å². The molecule has 0 radical (unpaired) electrons. The number of hydrogen-bond donors (Lipinski definition) is 3. The topological polar surface area (TPSA) is 97.4 Å². The van der Waals surface area contributed by atoms with Crippen LogP contribution in [0.2, 0.25) is 0 Å². The van der Waals surface area contributed by atoms with Crippen molar-refractivity contribution in [3.05, 3.63) is 71.9 Å². The Morgan fingerprint density at radius 3 is 2.52 bits per heavy atom. The van der Waals surface area contributed by atoms with Crippen molar-refractivity contribution < 1.29 is 14.3 Å². The van der Waals surface area contributed by atoms with Crippen molar-refractivity contribution in [2.75, 3.05) is 37.4 Å². The number of hydrogen-bond acceptors (Lipinski definition) is 7. The van der Waals surface area contributed by atoms with Crippen LogP contribution in [0.5, 0.6) is 5.75 Å². The van der Waals surface area contributed by atoms with E-state index in [0.717, 1.165) is 22.7 Å². The van der Waals surface area contributed by atoms with Gasteiger partial charge in [0.05, 0.1) is 13.7 Å². The third-order valence-electron chi connectivity index (χ3n) is 4.29. The third-order valence-corrected chi connectivity index (χ3v) is 4.29. The van der Waals surface area contributed by atoms with E-state index in [-0.39, 0.29) is 12.5 Å². The number of nitrogens with one attached hydrogen (secondary N) is 3. The first-order chi connectivity index (χ1) is 15.1. The van der Waals surface area contributed by atoms with Gasteiger partial charge < -0.3 is 25.4 Å². The molecular formula is C23H27N5O3. The molecule has 0 bridgehead atoms. The summed E-state index contributed by atoms with van der Waals surface area (Å²) in [5.41, 5.74) is 2.76. The van der Waals surface area contributed by atoms with Crippen LogP contribution in [0.3, 0.4) is 0 Å². The second-order valence-electron chi connectivity index (χ2n) is 6.83. The summed E-state index contributed by atoms with van der Waals surface area (Å²) in [6, 6.07) is 19.2. The number of benzene rings is 2. The van der Waals surface area contributed by atoms with Crippen LogP contribution in [0.1, 0.15) is 11.3 Å². The lowest BCUT2D eigenvalue weighted by Crippen LogP contribution is -2.32. The summed E-state index contributed by atoms with van der Waals surface area (Å²) in [5.74, 6) is 1.80. The molecular weight excluding hydrogens is 394 g/mol. The Morgan fingerprint density at radius 1 is 1.00 bits per heavy atom. The van der Waals surface area contributed by atoms with Gasteiger partial charge in [-0.1, -0.05) is 30.3 Å². The van der Waals surface area contributed by atoms with Gasteiger partial charge in [-0.3, -0.25) is 4.79 Å². The summed E-state index contributed by atoms with van der Waals surface area (Å²) < 4.78 is 10.6. The summed E-state index contributed by atoms with van der Waals surface area (Å²) in [6.45, 7) is 3.26. The van der Waals surface area contributed by atoms with Gasteiger partial charge in [-0.05, 0) is 36.8 Å². The second kappa shape index (κ2) is 11.5. The third kappa shape index (κ3) is 7.60. The molecule has 0 spiro atoms. The molecule has 1 heterocycles. The van der Waals surface area contributed by atoms with Crippen molar-refractivity contribution in [3.8, 4) is 5.75 Å². The summed E-state index contributed by atoms with van der Waals surface area (Å²) in [4.78, 5) is 20.7. The number of anilines is 3. The van der Waals surface area contributed by atoms with Crippen molar-refractivity contribution in [1.29, 1.82) is 0 Å². The molecule has 31 heavy (non-hydrogen) atoms. The van der Waals surface area contributed by atoms with E-state index in [2.05, 4.69) is 25.9 Å². The van der Waals surface area contributed by atoms with E-state index in [0.29, 0.717) is 31.5 Å². The Hall–Kier alpha value is -3.65. The van der Waals surface area contributed by atoms with Gasteiger partial charge in [0.1, 0.15) is 18.2 Å². The molecule has 0 saturated heterocycles. The van der Waals surface area contributed by atoms with Crippen LogP contribution in [-0.4, -0.2) is 42.7 Å². The molecule has 2 aromatic carbocycles. The number of carbonyl (C=O) groups excluding carboxylic acids is 1. The fourth-order valence-corrected chi connectivity index (χ4v) is 2.80. The Morgan fingerprint density at radius 2 is 1.77 bits per heavy atom. The standard InChI is InChI=1S/C23H27N5O3/c1-17-14-21(27-19-8-10-20(30-2)11-9-19)28-23(26-17)25-13-12-24-22(29)16-31-15-18-6-4-3-5-7-18/h3-11,14H,12-13,15-16H2,1-2H3,(H,24,29)(H2,25,26,27,28). The van der Waals surface area contributed by atoms with E-state index in [1.165, 1.54) is 0 Å². The van der Waals surface area contributed by atoms with Crippen LogP contribution in [0, 0.1) is 6.92 Å². The van der Waals surface area contributed by atoms with Crippen molar-refractivity contribution in [3.63, 3.8) is 0 Å². The Labute approximate surface area is 182 Å². The summed E-state index contributed by atoms with van der Waals surface area (Å²) in [5, 5.41) is 9.19. The lowest BCUT2D eigenvalue weighted by molar-refractivity contribution is -0.126. The molecule has 162 valence electrons. The molecule has 3 rings (SSSR count). The van der Waals surface area contributed by atoms with Gasteiger partial charge in [0.15, 0.2) is 0 Å². The highest BCUT2D eigenvalue weighted by atomic mass is 16.5. The molecule has 3 aromatic rings. The number of nitrogens with zero attached hydrogens (tertiary/aromatic N) is 2. The Kier molecular flexibility index (Phi) is 8.19. The first-order valence-electron chi connectivity index (χ1n) is 10.0. The number of rotatable bonds is 11. The zero-order chi connectivity index (χ0) is 21.9. The Balaban J connectivity index is 1.40. The second-order valence-corrected chi connectivity index (χ2v) is 6.83. The molecule has 1 amide bonds. The minimum atomic E-state index is -0.162. The molecule has 8 nitrogen and oxygen atoms in total. The van der Waals surface area contributed by atoms with E-state index in [9.17, 15) is 4.79 Å². The number of ether oxygens (including phenoxy) is 2. The lowest BCUT2D eigenvalue weighted by Gasteiger charge is -2.11. The van der Waals surface area contributed by atoms with E-state index >= 15 is 0 Å². The first kappa shape index (κ1) is 22.0. The molecule has 8 heteroatoms. The molecule has 1 aromatic heterocycles. The maximum absolute atomic E-state index is 11.9. The van der Waals surface area contributed by atoms with Crippen LogP contribution in [0.25, 0.3) is 0 Å². The molecule has 0 fully saturated rings. The van der Waals surface area contributed by atoms with Gasteiger partial charge in [0.25, 0.3) is 0 Å². The van der Waals surface area contributed by atoms with Crippen molar-refractivity contribution >= 4 is 23.4 Å². The van der Waals surface area contributed by atoms with Crippen molar-refractivity contribution in [1.82, 2.24) is 15.3 Å². The van der Waals surface area contributed by atoms with Crippen molar-refractivity contribution in [2.45, 2.75) is 13.5 Å². The number of aromatic nitrogens is 2. The smallest absolute Gasteiger partial charge is 0.246 e. The monoisotopic (exact) mass is 421 g/mol. The van der Waals surface area contributed by atoms with E-state index < -0.39 is 0 Å². The van der Waals surface area contributed by atoms with Gasteiger partial charge in [0, 0.05) is 30.5 Å². The molecule has 3 N–H and O–H groups in total. The zero-order valence-electron chi connectivity index (χ0n) is 17.7. The fraction of sp³-hybridized carbons (Fsp3) is 0.261. The zero-order valence-corrected chi connectivity index (χ0v) is 17.7. The van der Waals surface area contributed by atoms with E-state index in [1.54, 1.807) is 7.11 Å². The van der Waals surface area contributed by atoms with Gasteiger partial charge in [-0.15, -0.1) is 0 Å². The molecule has 0 aliphatic carbocycles. The number of amides is 1. The minimum absolute atomic E-state index is 0.0196. The van der Waals surface area contributed by atoms with Crippen LogP contribution >= 0.6 is 0 Å². The van der Waals surface area contributed by atoms with E-state index in [4.69, 9.17) is 9.47 Å². The van der Waals surface area contributed by atoms with Gasteiger partial charge >= 0.3 is 0 Å². The fourth-order valence-electron chi connectivity index (χ4n) is 2.80. The SMILES string of the molecule is COc1ccc(Nc2cc(C)nc(NCCNC(=O)COCc3ccccc3)n2)cc1. The first-order valence-corrected chi connectivity index (χ1v) is 10.0. The highest BCUT2D eigenvalue weighted by molar-refractivity contribution is 5.77. The average Bonchev–Trinajstić information content (AvgIpc) is 2.78. The molecule has 0 aliphatic rings. The molecule has 0 atom stereocenters. The van der Waals surface area contributed by atoms with Gasteiger partial charge in [-0.2, -0.15) is 4.98 Å². The molecule has 0 saturated carbocycles. The average molecular weight is 422 g/mol. The predicted molar refractivity (Wildman–Crippen MR) is 121 cm³/mol. The van der Waals surface area contributed by atoms with Gasteiger partial charge in [0.2, 0.25) is 11.9 Å². The quantitative estimate of drug-likeness (QED) is 0.409. The Bertz CT molecular complexity index is 965. The number of methoxy groups -OCH3 is 1. The highest BCUT2D eigenvalue weighted by Gasteiger charge is 2.05. The van der Waals surface area contributed by atoms with Crippen LogP contribution < -0.4 is 20.7 Å². The maximum Gasteiger partial charge on any atom is 0.246 e. The van der Waals surface area contributed by atoms with E-state index in [1.807, 2.05) is 67.6 Å². The molecule has 0 unspecified atom stereocenters. The van der Waals surface area contributed by atoms with Gasteiger partial charge in [-0.25, -0.2) is 4.98 Å². The summed E-state index contributed by atoms with van der Waals surface area (Å²) in [6.07, 6.45) is 0. The number of aryl methyl sites for hydroxylation is 1. The largest absolute Gasteiger partial charge is 0.497 e. The minimum Gasteiger partial charge on any atom is -0.497 e. The summed E-state index contributed by atoms with van der Waals surface area (Å²) >= 11 is 0. The molecule has 0 aliphatic heterocycles. The highest BCUT2D eigenvalue weighted by Crippen LogP contribution is 2.19. The normalized spacial score (nSPS) is 10.4. The predicted octanol–water partition coefficient (Wildman–Crippen LogP) is 3.28. The lowest BCUT2D eigenvalue weighted by atomic mass is 10.2. The van der Waals surface area contributed by atoms with Crippen LogP contribution in [0.4, 0.5) is 17.5 Å². The summed E-state index contributed by atoms with van der Waals surface area (Å²) in [7, 11) is 1.63. The van der Waals surface area contributed by atoms with Crippen LogP contribution in [0.15, 0.2) is 60.7 Å². The number of carbonyl (C=O) groups is 1. The maximum atomic E-state index is 11.9.